The minimum absolute atomic E-state index is 0.0626. The van der Waals surface area contributed by atoms with E-state index in [1.165, 1.54) is 0 Å². The molecule has 6 heteroatoms. The van der Waals surface area contributed by atoms with Gasteiger partial charge in [-0.15, -0.1) is 0 Å². The van der Waals surface area contributed by atoms with Crippen LogP contribution in [0.25, 0.3) is 0 Å². The minimum atomic E-state index is -2.69. The maximum Gasteiger partial charge on any atom is 0.281 e. The van der Waals surface area contributed by atoms with Crippen LogP contribution in [0.2, 0.25) is 5.02 Å². The van der Waals surface area contributed by atoms with Gasteiger partial charge in [-0.05, 0) is 22.6 Å². The molecule has 0 aliphatic carbocycles. The molecule has 0 saturated carbocycles. The summed E-state index contributed by atoms with van der Waals surface area (Å²) in [6.45, 7) is 0. The van der Waals surface area contributed by atoms with E-state index in [0.29, 0.717) is 6.29 Å². The summed E-state index contributed by atoms with van der Waals surface area (Å²) in [5.74, 6) is 0. The molecule has 0 fully saturated rings. The van der Waals surface area contributed by atoms with Crippen molar-refractivity contribution >= 4 is 40.5 Å². The molecule has 1 heterocycles. The number of aromatic nitrogens is 1. The van der Waals surface area contributed by atoms with Crippen molar-refractivity contribution in [3.05, 3.63) is 26.0 Å². The van der Waals surface area contributed by atoms with Crippen LogP contribution in [0.3, 0.4) is 0 Å². The highest BCUT2D eigenvalue weighted by atomic mass is 127. The minimum Gasteiger partial charge on any atom is -0.298 e. The van der Waals surface area contributed by atoms with Gasteiger partial charge < -0.3 is 0 Å². The molecule has 1 aromatic rings. The fourth-order valence-electron chi connectivity index (χ4n) is 0.755. The van der Waals surface area contributed by atoms with Gasteiger partial charge in [0.05, 0.1) is 8.59 Å². The molecule has 0 radical (unpaired) electrons. The highest BCUT2D eigenvalue weighted by molar-refractivity contribution is 14.1. The highest BCUT2D eigenvalue weighted by Gasteiger charge is 2.17. The van der Waals surface area contributed by atoms with Crippen LogP contribution < -0.4 is 0 Å². The van der Waals surface area contributed by atoms with Gasteiger partial charge >= 0.3 is 0 Å². The van der Waals surface area contributed by atoms with Crippen molar-refractivity contribution in [2.24, 2.45) is 0 Å². The topological polar surface area (TPSA) is 30.0 Å². The van der Waals surface area contributed by atoms with Crippen LogP contribution in [-0.4, -0.2) is 11.3 Å². The zero-order valence-electron chi connectivity index (χ0n) is 6.10. The van der Waals surface area contributed by atoms with E-state index < -0.39 is 12.1 Å². The van der Waals surface area contributed by atoms with Crippen LogP contribution in [0.5, 0.6) is 0 Å². The van der Waals surface area contributed by atoms with Gasteiger partial charge in [0.25, 0.3) is 6.43 Å². The van der Waals surface area contributed by atoms with Gasteiger partial charge in [-0.2, -0.15) is 0 Å². The predicted octanol–water partition coefficient (Wildman–Crippen LogP) is 3.09. The first-order valence-electron chi connectivity index (χ1n) is 3.15. The Labute approximate surface area is 91.4 Å². The molecule has 2 nitrogen and oxygen atoms in total. The van der Waals surface area contributed by atoms with E-state index in [2.05, 4.69) is 4.98 Å². The molecule has 70 valence electrons. The SMILES string of the molecule is O=Cc1c(Cl)cnc(C(F)F)c1I. The van der Waals surface area contributed by atoms with Crippen LogP contribution >= 0.6 is 34.2 Å². The van der Waals surface area contributed by atoms with Crippen LogP contribution in [-0.2, 0) is 0 Å². The van der Waals surface area contributed by atoms with E-state index >= 15 is 0 Å². The fourth-order valence-corrected chi connectivity index (χ4v) is 1.90. The second-order valence-electron chi connectivity index (χ2n) is 2.14. The Kier molecular flexibility index (Phi) is 3.55. The number of pyridine rings is 1. The van der Waals surface area contributed by atoms with Gasteiger partial charge in [-0.3, -0.25) is 9.78 Å². The number of halogens is 4. The summed E-state index contributed by atoms with van der Waals surface area (Å²) in [6.07, 6.45) is -1.20. The van der Waals surface area contributed by atoms with Crippen molar-refractivity contribution in [1.29, 1.82) is 0 Å². The van der Waals surface area contributed by atoms with Crippen molar-refractivity contribution in [2.45, 2.75) is 6.43 Å². The van der Waals surface area contributed by atoms with E-state index in [1.54, 1.807) is 22.6 Å². The third-order valence-electron chi connectivity index (χ3n) is 1.36. The quantitative estimate of drug-likeness (QED) is 0.620. The van der Waals surface area contributed by atoms with Crippen molar-refractivity contribution in [3.63, 3.8) is 0 Å². The summed E-state index contributed by atoms with van der Waals surface area (Å²) in [7, 11) is 0. The van der Waals surface area contributed by atoms with Crippen LogP contribution in [0.15, 0.2) is 6.20 Å². The molecule has 0 aliphatic heterocycles. The lowest BCUT2D eigenvalue weighted by atomic mass is 10.2. The zero-order valence-corrected chi connectivity index (χ0v) is 9.01. The summed E-state index contributed by atoms with van der Waals surface area (Å²) < 4.78 is 24.6. The summed E-state index contributed by atoms with van der Waals surface area (Å²) in [4.78, 5) is 13.9. The molecular weight excluding hydrogens is 314 g/mol. The van der Waals surface area contributed by atoms with Gasteiger partial charge in [0.15, 0.2) is 6.29 Å². The molecule has 0 unspecified atom stereocenters. The number of nitrogens with zero attached hydrogens (tertiary/aromatic N) is 1. The van der Waals surface area contributed by atoms with Crippen molar-refractivity contribution in [2.75, 3.05) is 0 Å². The van der Waals surface area contributed by atoms with Crippen molar-refractivity contribution in [3.8, 4) is 0 Å². The van der Waals surface area contributed by atoms with Crippen LogP contribution in [0.1, 0.15) is 22.5 Å². The lowest BCUT2D eigenvalue weighted by Gasteiger charge is -2.04. The molecule has 0 N–H and O–H groups in total. The lowest BCUT2D eigenvalue weighted by Crippen LogP contribution is -1.99. The standard InChI is InChI=1S/C7H3ClF2INO/c8-4-1-12-6(7(9)10)5(11)3(4)2-13/h1-2,7H. The second-order valence-corrected chi connectivity index (χ2v) is 3.62. The first-order chi connectivity index (χ1) is 6.07. The summed E-state index contributed by atoms with van der Waals surface area (Å²) in [5.41, 5.74) is -0.348. The van der Waals surface area contributed by atoms with E-state index in [-0.39, 0.29) is 14.2 Å². The smallest absolute Gasteiger partial charge is 0.281 e. The molecule has 0 aromatic carbocycles. The molecule has 0 spiro atoms. The maximum atomic E-state index is 12.2. The number of carbonyl (C=O) groups is 1. The largest absolute Gasteiger partial charge is 0.298 e. The van der Waals surface area contributed by atoms with Gasteiger partial charge in [0.1, 0.15) is 5.69 Å². The molecule has 0 amide bonds. The van der Waals surface area contributed by atoms with Gasteiger partial charge in [-0.25, -0.2) is 8.78 Å². The van der Waals surface area contributed by atoms with Crippen molar-refractivity contribution < 1.29 is 13.6 Å². The number of alkyl halides is 2. The molecule has 13 heavy (non-hydrogen) atoms. The van der Waals surface area contributed by atoms with E-state index in [0.717, 1.165) is 6.20 Å². The normalized spacial score (nSPS) is 10.5. The maximum absolute atomic E-state index is 12.2. The Morgan fingerprint density at radius 2 is 2.23 bits per heavy atom. The molecule has 0 atom stereocenters. The monoisotopic (exact) mass is 317 g/mol. The Morgan fingerprint density at radius 3 is 2.69 bits per heavy atom. The molecule has 1 rings (SSSR count). The number of rotatable bonds is 2. The average Bonchev–Trinajstić information content (AvgIpc) is 2.04. The predicted molar refractivity (Wildman–Crippen MR) is 52.3 cm³/mol. The van der Waals surface area contributed by atoms with E-state index in [1.807, 2.05) is 0 Å². The zero-order chi connectivity index (χ0) is 10.0. The molecular formula is C7H3ClF2INO. The van der Waals surface area contributed by atoms with E-state index in [4.69, 9.17) is 11.6 Å². The number of carbonyl (C=O) groups excluding carboxylic acids is 1. The number of hydrogen-bond acceptors (Lipinski definition) is 2. The second kappa shape index (κ2) is 4.28. The fraction of sp³-hybridized carbons (Fsp3) is 0.143. The Hall–Kier alpha value is -0.300. The average molecular weight is 317 g/mol. The van der Waals surface area contributed by atoms with Gasteiger partial charge in [0, 0.05) is 11.8 Å². The Bertz CT molecular complexity index is 346. The lowest BCUT2D eigenvalue weighted by molar-refractivity contribution is 0.112. The third kappa shape index (κ3) is 2.14. The van der Waals surface area contributed by atoms with Crippen LogP contribution in [0.4, 0.5) is 8.78 Å². The van der Waals surface area contributed by atoms with Crippen molar-refractivity contribution in [1.82, 2.24) is 4.98 Å². The summed E-state index contributed by atoms with van der Waals surface area (Å²) in [6, 6.07) is 0. The molecule has 1 aromatic heterocycles. The molecule has 0 saturated heterocycles. The molecule has 0 aliphatic rings. The first-order valence-corrected chi connectivity index (χ1v) is 4.60. The number of aldehydes is 1. The molecule has 0 bridgehead atoms. The Balaban J connectivity index is 3.35. The van der Waals surface area contributed by atoms with Gasteiger partial charge in [-0.1, -0.05) is 11.6 Å². The first kappa shape index (κ1) is 10.8. The third-order valence-corrected chi connectivity index (χ3v) is 2.80. The highest BCUT2D eigenvalue weighted by Crippen LogP contribution is 2.27. The van der Waals surface area contributed by atoms with Crippen LogP contribution in [0, 0.1) is 3.57 Å². The summed E-state index contributed by atoms with van der Waals surface area (Å²) >= 11 is 7.19. The Morgan fingerprint density at radius 1 is 1.62 bits per heavy atom. The van der Waals surface area contributed by atoms with E-state index in [9.17, 15) is 13.6 Å². The number of hydrogen-bond donors (Lipinski definition) is 0. The van der Waals surface area contributed by atoms with Gasteiger partial charge in [0.2, 0.25) is 0 Å². The summed E-state index contributed by atoms with van der Waals surface area (Å²) in [5, 5.41) is 0.0869.